The maximum atomic E-state index is 12.4. The molecule has 3 aromatic rings. The standard InChI is InChI=1S/C18H21N5O3/c1-11-5-6-13(9-12(11)2)20-14(24)7-8-23-10-19-16-15(23)17(25)22(4)18(26)21(16)3/h5-6,9-10H,7-8H2,1-4H3,(H,20,24). The highest BCUT2D eigenvalue weighted by Gasteiger charge is 2.15. The predicted octanol–water partition coefficient (Wildman–Crippen LogP) is 1.08. The van der Waals surface area contributed by atoms with Crippen molar-refractivity contribution in [3.63, 3.8) is 0 Å². The van der Waals surface area contributed by atoms with E-state index in [1.165, 1.54) is 17.9 Å². The molecule has 0 spiro atoms. The third-order valence-corrected chi connectivity index (χ3v) is 4.59. The highest BCUT2D eigenvalue weighted by atomic mass is 16.2. The van der Waals surface area contributed by atoms with Crippen LogP contribution in [-0.4, -0.2) is 24.6 Å². The number of benzene rings is 1. The molecule has 0 bridgehead atoms. The lowest BCUT2D eigenvalue weighted by molar-refractivity contribution is -0.116. The van der Waals surface area contributed by atoms with Crippen LogP contribution in [0, 0.1) is 13.8 Å². The normalized spacial score (nSPS) is 11.1. The van der Waals surface area contributed by atoms with E-state index in [4.69, 9.17) is 0 Å². The summed E-state index contributed by atoms with van der Waals surface area (Å²) in [5.41, 5.74) is 2.78. The van der Waals surface area contributed by atoms with E-state index in [1.807, 2.05) is 32.0 Å². The highest BCUT2D eigenvalue weighted by molar-refractivity contribution is 5.90. The van der Waals surface area contributed by atoms with Gasteiger partial charge in [-0.15, -0.1) is 0 Å². The lowest BCUT2D eigenvalue weighted by Gasteiger charge is -2.09. The molecule has 0 aliphatic rings. The number of hydrogen-bond acceptors (Lipinski definition) is 4. The first-order valence-corrected chi connectivity index (χ1v) is 8.27. The Morgan fingerprint density at radius 2 is 1.85 bits per heavy atom. The van der Waals surface area contributed by atoms with Crippen molar-refractivity contribution >= 4 is 22.8 Å². The highest BCUT2D eigenvalue weighted by Crippen LogP contribution is 2.14. The number of aromatic nitrogens is 4. The fraction of sp³-hybridized carbons (Fsp3) is 0.333. The molecule has 8 heteroatoms. The van der Waals surface area contributed by atoms with Crippen molar-refractivity contribution in [3.05, 3.63) is 56.5 Å². The number of nitrogens with one attached hydrogen (secondary N) is 1. The maximum Gasteiger partial charge on any atom is 0.332 e. The van der Waals surface area contributed by atoms with Gasteiger partial charge in [0.05, 0.1) is 6.33 Å². The molecule has 136 valence electrons. The van der Waals surface area contributed by atoms with Gasteiger partial charge in [0.15, 0.2) is 11.2 Å². The van der Waals surface area contributed by atoms with E-state index in [9.17, 15) is 14.4 Å². The number of carbonyl (C=O) groups is 1. The van der Waals surface area contributed by atoms with E-state index >= 15 is 0 Å². The molecule has 0 aliphatic carbocycles. The van der Waals surface area contributed by atoms with Gasteiger partial charge in [-0.3, -0.25) is 18.7 Å². The zero-order valence-electron chi connectivity index (χ0n) is 15.2. The summed E-state index contributed by atoms with van der Waals surface area (Å²) >= 11 is 0. The molecule has 3 rings (SSSR count). The number of aryl methyl sites for hydroxylation is 4. The molecule has 26 heavy (non-hydrogen) atoms. The predicted molar refractivity (Wildman–Crippen MR) is 99.4 cm³/mol. The molecule has 0 radical (unpaired) electrons. The summed E-state index contributed by atoms with van der Waals surface area (Å²) in [7, 11) is 2.99. The SMILES string of the molecule is Cc1ccc(NC(=O)CCn2cnc3c2c(=O)n(C)c(=O)n3C)cc1C. The number of rotatable bonds is 4. The number of nitrogens with zero attached hydrogens (tertiary/aromatic N) is 4. The molecule has 8 nitrogen and oxygen atoms in total. The summed E-state index contributed by atoms with van der Waals surface area (Å²) in [6.45, 7) is 4.29. The number of anilines is 1. The van der Waals surface area contributed by atoms with Crippen LogP contribution in [0.25, 0.3) is 11.2 Å². The molecule has 0 unspecified atom stereocenters. The third kappa shape index (κ3) is 3.05. The van der Waals surface area contributed by atoms with E-state index in [0.29, 0.717) is 17.7 Å². The minimum absolute atomic E-state index is 0.156. The lowest BCUT2D eigenvalue weighted by atomic mass is 10.1. The quantitative estimate of drug-likeness (QED) is 0.758. The van der Waals surface area contributed by atoms with E-state index in [0.717, 1.165) is 21.4 Å². The van der Waals surface area contributed by atoms with Crippen molar-refractivity contribution in [3.8, 4) is 0 Å². The summed E-state index contributed by atoms with van der Waals surface area (Å²) in [5.74, 6) is -0.156. The minimum Gasteiger partial charge on any atom is -0.326 e. The van der Waals surface area contributed by atoms with E-state index < -0.39 is 11.2 Å². The Hall–Kier alpha value is -3.16. The van der Waals surface area contributed by atoms with Crippen molar-refractivity contribution in [1.82, 2.24) is 18.7 Å². The number of carbonyl (C=O) groups excluding carboxylic acids is 1. The van der Waals surface area contributed by atoms with Crippen LogP contribution in [-0.2, 0) is 25.4 Å². The van der Waals surface area contributed by atoms with Crippen molar-refractivity contribution in [2.45, 2.75) is 26.8 Å². The zero-order chi connectivity index (χ0) is 19.0. The molecule has 0 aliphatic heterocycles. The van der Waals surface area contributed by atoms with Crippen LogP contribution in [0.2, 0.25) is 0 Å². The number of fused-ring (bicyclic) bond motifs is 1. The minimum atomic E-state index is -0.430. The summed E-state index contributed by atoms with van der Waals surface area (Å²) < 4.78 is 3.97. The first-order chi connectivity index (χ1) is 12.3. The average molecular weight is 355 g/mol. The Balaban J connectivity index is 1.80. The Bertz CT molecular complexity index is 1120. The van der Waals surface area contributed by atoms with Gasteiger partial charge in [0, 0.05) is 32.7 Å². The second-order valence-electron chi connectivity index (χ2n) is 6.41. The molecule has 2 aromatic heterocycles. The van der Waals surface area contributed by atoms with Crippen LogP contribution < -0.4 is 16.6 Å². The van der Waals surface area contributed by atoms with Crippen LogP contribution in [0.3, 0.4) is 0 Å². The van der Waals surface area contributed by atoms with Crippen LogP contribution in [0.5, 0.6) is 0 Å². The van der Waals surface area contributed by atoms with Gasteiger partial charge in [-0.05, 0) is 37.1 Å². The average Bonchev–Trinajstić information content (AvgIpc) is 3.03. The molecule has 1 amide bonds. The van der Waals surface area contributed by atoms with Crippen molar-refractivity contribution in [2.75, 3.05) is 5.32 Å². The van der Waals surface area contributed by atoms with Crippen molar-refractivity contribution < 1.29 is 4.79 Å². The Morgan fingerprint density at radius 1 is 1.12 bits per heavy atom. The lowest BCUT2D eigenvalue weighted by Crippen LogP contribution is -2.37. The Kier molecular flexibility index (Phi) is 4.50. The second kappa shape index (κ2) is 6.62. The van der Waals surface area contributed by atoms with Crippen LogP contribution in [0.4, 0.5) is 5.69 Å². The maximum absolute atomic E-state index is 12.4. The Labute approximate surface area is 149 Å². The molecular weight excluding hydrogens is 334 g/mol. The molecular formula is C18H21N5O3. The fourth-order valence-corrected chi connectivity index (χ4v) is 2.83. The van der Waals surface area contributed by atoms with Crippen molar-refractivity contribution in [2.24, 2.45) is 14.1 Å². The number of hydrogen-bond donors (Lipinski definition) is 1. The fourth-order valence-electron chi connectivity index (χ4n) is 2.83. The second-order valence-corrected chi connectivity index (χ2v) is 6.41. The van der Waals surface area contributed by atoms with Gasteiger partial charge >= 0.3 is 5.69 Å². The van der Waals surface area contributed by atoms with Gasteiger partial charge in [-0.25, -0.2) is 9.78 Å². The molecule has 0 atom stereocenters. The van der Waals surface area contributed by atoms with Crippen LogP contribution in [0.1, 0.15) is 17.5 Å². The van der Waals surface area contributed by atoms with Gasteiger partial charge in [-0.2, -0.15) is 0 Å². The van der Waals surface area contributed by atoms with Gasteiger partial charge < -0.3 is 9.88 Å². The molecule has 0 fully saturated rings. The van der Waals surface area contributed by atoms with Crippen LogP contribution >= 0.6 is 0 Å². The third-order valence-electron chi connectivity index (χ3n) is 4.59. The summed E-state index contributed by atoms with van der Waals surface area (Å²) in [6.07, 6.45) is 1.67. The van der Waals surface area contributed by atoms with E-state index in [2.05, 4.69) is 10.3 Å². The van der Waals surface area contributed by atoms with Gasteiger partial charge in [0.1, 0.15) is 0 Å². The number of imidazole rings is 1. The zero-order valence-corrected chi connectivity index (χ0v) is 15.2. The smallest absolute Gasteiger partial charge is 0.326 e. The largest absolute Gasteiger partial charge is 0.332 e. The summed E-state index contributed by atoms with van der Waals surface area (Å²) in [4.78, 5) is 40.7. The van der Waals surface area contributed by atoms with E-state index in [1.54, 1.807) is 11.6 Å². The number of amides is 1. The molecule has 0 saturated carbocycles. The Morgan fingerprint density at radius 3 is 2.54 bits per heavy atom. The first kappa shape index (κ1) is 17.7. The summed E-state index contributed by atoms with van der Waals surface area (Å²) in [6, 6.07) is 5.74. The topological polar surface area (TPSA) is 90.9 Å². The monoisotopic (exact) mass is 355 g/mol. The molecule has 0 saturated heterocycles. The molecule has 2 heterocycles. The first-order valence-electron chi connectivity index (χ1n) is 8.27. The van der Waals surface area contributed by atoms with Gasteiger partial charge in [-0.1, -0.05) is 6.07 Å². The van der Waals surface area contributed by atoms with E-state index in [-0.39, 0.29) is 12.3 Å². The van der Waals surface area contributed by atoms with Gasteiger partial charge in [0.2, 0.25) is 5.91 Å². The van der Waals surface area contributed by atoms with Crippen LogP contribution in [0.15, 0.2) is 34.1 Å². The van der Waals surface area contributed by atoms with Crippen molar-refractivity contribution in [1.29, 1.82) is 0 Å². The molecule has 1 N–H and O–H groups in total. The van der Waals surface area contributed by atoms with Gasteiger partial charge in [0.25, 0.3) is 5.56 Å². The summed E-state index contributed by atoms with van der Waals surface area (Å²) in [5, 5.41) is 2.86. The molecule has 1 aromatic carbocycles.